The summed E-state index contributed by atoms with van der Waals surface area (Å²) in [7, 11) is 0. The Balaban J connectivity index is 0.826. The Hall–Kier alpha value is -1.40. The summed E-state index contributed by atoms with van der Waals surface area (Å²) < 4.78 is 61.2. The Labute approximate surface area is 418 Å². The summed E-state index contributed by atoms with van der Waals surface area (Å²) in [5, 5.41) is 129. The monoisotopic (exact) mass is 1030 g/mol. The summed E-state index contributed by atoms with van der Waals surface area (Å²) in [5.41, 5.74) is 2.52. The number of rotatable bonds is 12. The van der Waals surface area contributed by atoms with E-state index < -0.39 is 155 Å². The van der Waals surface area contributed by atoms with Crippen LogP contribution in [0.25, 0.3) is 0 Å². The molecule has 10 aliphatic rings. The lowest BCUT2D eigenvalue weighted by molar-refractivity contribution is -0.399. The molecule has 0 bridgehead atoms. The largest absolute Gasteiger partial charge is 0.394 e. The maximum Gasteiger partial charge on any atom is 0.187 e. The molecule has 410 valence electrons. The van der Waals surface area contributed by atoms with Gasteiger partial charge in [-0.15, -0.1) is 0 Å². The van der Waals surface area contributed by atoms with Crippen molar-refractivity contribution in [3.8, 4) is 0 Å². The zero-order chi connectivity index (χ0) is 51.3. The number of aliphatic hydroxyl groups excluding tert-OH is 12. The highest BCUT2D eigenvalue weighted by Gasteiger charge is 2.69. The molecular weight excluding hydrogens is 953 g/mol. The zero-order valence-electron chi connectivity index (χ0n) is 41.1. The average molecular weight is 1030 g/mol. The second kappa shape index (κ2) is 20.8. The van der Waals surface area contributed by atoms with Crippen molar-refractivity contribution in [2.24, 2.45) is 40.4 Å². The fraction of sp³-hybridized carbons (Fsp3) is 0.920. The minimum absolute atomic E-state index is 0.0570. The highest BCUT2D eigenvalue weighted by Crippen LogP contribution is 2.70. The van der Waals surface area contributed by atoms with Gasteiger partial charge in [0.1, 0.15) is 91.6 Å². The van der Waals surface area contributed by atoms with Gasteiger partial charge in [-0.05, 0) is 85.9 Å². The number of ether oxygens (including phenoxy) is 10. The quantitative estimate of drug-likeness (QED) is 0.0905. The Morgan fingerprint density at radius 2 is 1.18 bits per heavy atom. The minimum Gasteiger partial charge on any atom is -0.394 e. The van der Waals surface area contributed by atoms with Crippen LogP contribution >= 0.6 is 0 Å². The highest BCUT2D eigenvalue weighted by molar-refractivity contribution is 5.27. The van der Waals surface area contributed by atoms with Gasteiger partial charge in [0.05, 0.1) is 45.2 Å². The lowest BCUT2D eigenvalue weighted by atomic mass is 9.47. The molecule has 6 aliphatic heterocycles. The molecule has 0 aromatic carbocycles. The van der Waals surface area contributed by atoms with Gasteiger partial charge in [0.15, 0.2) is 30.9 Å². The van der Waals surface area contributed by atoms with Gasteiger partial charge in [-0.25, -0.2) is 0 Å². The van der Waals surface area contributed by atoms with E-state index in [1.807, 2.05) is 0 Å². The Morgan fingerprint density at radius 3 is 1.83 bits per heavy atom. The van der Waals surface area contributed by atoms with E-state index in [-0.39, 0.29) is 16.9 Å². The van der Waals surface area contributed by atoms with Crippen molar-refractivity contribution >= 4 is 0 Å². The van der Waals surface area contributed by atoms with Crippen LogP contribution in [0.15, 0.2) is 23.8 Å². The topological polar surface area (TPSA) is 335 Å². The molecule has 29 atom stereocenters. The molecule has 6 heterocycles. The Kier molecular flexibility index (Phi) is 15.6. The first kappa shape index (κ1) is 54.0. The van der Waals surface area contributed by atoms with Gasteiger partial charge in [-0.1, -0.05) is 44.6 Å². The van der Waals surface area contributed by atoms with E-state index in [9.17, 15) is 61.3 Å². The molecule has 0 aromatic rings. The van der Waals surface area contributed by atoms with Gasteiger partial charge >= 0.3 is 0 Å². The van der Waals surface area contributed by atoms with Crippen LogP contribution in [0.5, 0.6) is 0 Å². The molecule has 0 aromatic heterocycles. The van der Waals surface area contributed by atoms with Crippen molar-refractivity contribution in [1.82, 2.24) is 0 Å². The van der Waals surface area contributed by atoms with Crippen molar-refractivity contribution in [3.05, 3.63) is 23.8 Å². The average Bonchev–Trinajstić information content (AvgIpc) is 3.93. The number of aliphatic hydroxyl groups is 12. The summed E-state index contributed by atoms with van der Waals surface area (Å²) in [5.74, 6) is 1.74. The predicted octanol–water partition coefficient (Wildman–Crippen LogP) is -2.43. The molecule has 1 spiro atoms. The van der Waals surface area contributed by atoms with E-state index in [4.69, 9.17) is 47.4 Å². The molecule has 4 aliphatic carbocycles. The molecule has 6 saturated heterocycles. The maximum atomic E-state index is 11.8. The summed E-state index contributed by atoms with van der Waals surface area (Å²) in [6, 6.07) is 0. The number of fused-ring (bicyclic) bond motifs is 7. The van der Waals surface area contributed by atoms with Crippen LogP contribution in [0.2, 0.25) is 0 Å². The van der Waals surface area contributed by atoms with E-state index in [0.717, 1.165) is 50.5 Å². The molecule has 72 heavy (non-hydrogen) atoms. The highest BCUT2D eigenvalue weighted by atomic mass is 16.8. The molecule has 0 radical (unpaired) electrons. The third kappa shape index (κ3) is 9.00. The molecule has 22 nitrogen and oxygen atoms in total. The van der Waals surface area contributed by atoms with Crippen LogP contribution in [0.3, 0.4) is 0 Å². The zero-order valence-corrected chi connectivity index (χ0v) is 41.1. The molecule has 10 rings (SSSR count). The van der Waals surface area contributed by atoms with Crippen LogP contribution in [0, 0.1) is 40.4 Å². The molecule has 22 heteroatoms. The van der Waals surface area contributed by atoms with Crippen molar-refractivity contribution in [2.45, 2.75) is 213 Å². The molecule has 3 saturated carbocycles. The van der Waals surface area contributed by atoms with Gasteiger partial charge in [-0.3, -0.25) is 0 Å². The Morgan fingerprint density at radius 1 is 0.611 bits per heavy atom. The molecule has 0 amide bonds. The van der Waals surface area contributed by atoms with Crippen molar-refractivity contribution in [1.29, 1.82) is 0 Å². The van der Waals surface area contributed by atoms with Gasteiger partial charge < -0.3 is 109 Å². The normalized spacial score (nSPS) is 55.5. The second-order valence-corrected chi connectivity index (χ2v) is 23.0. The number of hydrogen-bond acceptors (Lipinski definition) is 22. The van der Waals surface area contributed by atoms with E-state index in [1.54, 1.807) is 0 Å². The molecule has 9 fully saturated rings. The van der Waals surface area contributed by atoms with Crippen molar-refractivity contribution in [2.75, 3.05) is 33.0 Å². The van der Waals surface area contributed by atoms with E-state index >= 15 is 0 Å². The van der Waals surface area contributed by atoms with Gasteiger partial charge in [0, 0.05) is 12.3 Å². The maximum absolute atomic E-state index is 11.8. The third-order valence-electron chi connectivity index (χ3n) is 19.2. The van der Waals surface area contributed by atoms with Crippen molar-refractivity contribution < 1.29 is 109 Å². The first-order valence-electron chi connectivity index (χ1n) is 26.1. The fourth-order valence-electron chi connectivity index (χ4n) is 15.2. The summed E-state index contributed by atoms with van der Waals surface area (Å²) >= 11 is 0. The van der Waals surface area contributed by atoms with Gasteiger partial charge in [-0.2, -0.15) is 0 Å². The fourth-order valence-corrected chi connectivity index (χ4v) is 15.2. The van der Waals surface area contributed by atoms with Crippen molar-refractivity contribution in [3.63, 3.8) is 0 Å². The van der Waals surface area contributed by atoms with E-state index in [0.29, 0.717) is 49.0 Å². The van der Waals surface area contributed by atoms with Crippen LogP contribution < -0.4 is 0 Å². The smallest absolute Gasteiger partial charge is 0.187 e. The molecule has 12 N–H and O–H groups in total. The summed E-state index contributed by atoms with van der Waals surface area (Å²) in [6.45, 7) is 8.71. The number of hydrogen-bond donors (Lipinski definition) is 12. The SMILES string of the molecule is C=C1CC[C@@]2(OC1)O[C@H]1C[C@H]3[C@@H]4CC=C5C[C@@H](O[C@@H]6O[C@H](CO)[C@H](O[C@@H]7O[C@H](CO)[C@@H](O)[C@H](O[C@@H]8O[C@H](CO)[C@H](O)[C@H]8O)[C@H]7O[C@@H]7O[C@H](CO)[C@@H](O)[C@H](O)[C@H]7O)[C@H](O)[C@H]6O)CC[C@]5(C)[C@H]4CC[C@]3(C)[C@H]1[C@@H]2C. The first-order valence-corrected chi connectivity index (χ1v) is 26.1. The van der Waals surface area contributed by atoms with Gasteiger partial charge in [0.25, 0.3) is 0 Å². The van der Waals surface area contributed by atoms with Gasteiger partial charge in [0.2, 0.25) is 0 Å². The number of allylic oxidation sites excluding steroid dienone is 1. The third-order valence-corrected chi connectivity index (χ3v) is 19.2. The van der Waals surface area contributed by atoms with Crippen LogP contribution in [-0.4, -0.2) is 229 Å². The Bertz CT molecular complexity index is 1930. The lowest BCUT2D eigenvalue weighted by Crippen LogP contribution is -2.68. The summed E-state index contributed by atoms with van der Waals surface area (Å²) in [4.78, 5) is 0. The lowest BCUT2D eigenvalue weighted by Gasteiger charge is -2.58. The van der Waals surface area contributed by atoms with Crippen LogP contribution in [-0.2, 0) is 47.4 Å². The first-order chi connectivity index (χ1) is 34.3. The predicted molar refractivity (Wildman–Crippen MR) is 242 cm³/mol. The van der Waals surface area contributed by atoms with Crippen LogP contribution in [0.1, 0.15) is 78.6 Å². The molecular formula is C50H78O22. The second-order valence-electron chi connectivity index (χ2n) is 23.0. The standard InChI is InChI=1S/C50H78O22/c1-20-7-12-50(63-19-20)21(2)32-27(72-50)14-26-24-6-5-22-13-23(8-10-48(22,3)25(24)9-11-49(26,32)4)64-44-40(62)37(59)41(31(18-54)68-44)69-47-43(71-46-39(61)36(58)33(55)28(15-51)65-46)42(35(57)30(17-53)67-47)70-45-38(60)34(56)29(16-52)66-45/h5,21,23-47,51-62H,1,6-19H2,2-4H3/t21-,23-,24+,25-,26-,27-,28+,29+,30+,31+,32-,33+,34-,35+,36-,37+,38+,39+,40+,41-,42-,43+,44+,45-,46-,47-,48-,49-,50+/m0/s1. The summed E-state index contributed by atoms with van der Waals surface area (Å²) in [6.07, 6.45) is -22.3. The van der Waals surface area contributed by atoms with Crippen LogP contribution in [0.4, 0.5) is 0 Å². The minimum atomic E-state index is -2.00. The molecule has 0 unspecified atom stereocenters. The van der Waals surface area contributed by atoms with E-state index in [1.165, 1.54) is 5.57 Å². The van der Waals surface area contributed by atoms with E-state index in [2.05, 4.69) is 33.4 Å².